The fraction of sp³-hybridized carbons (Fsp3) is 0.400. The standard InChI is InChI=1S/C5H7BN2S/c1-4-5(6)2-7-8(4)3-9/h2,9H,3H2,1H3. The van der Waals surface area contributed by atoms with Gasteiger partial charge in [0.1, 0.15) is 7.85 Å². The second-order valence-electron chi connectivity index (χ2n) is 1.83. The number of hydrogen-bond donors (Lipinski definition) is 1. The molecule has 0 atom stereocenters. The molecule has 46 valence electrons. The maximum Gasteiger partial charge on any atom is 0.118 e. The maximum absolute atomic E-state index is 5.50. The molecule has 1 heterocycles. The Morgan fingerprint density at radius 3 is 2.78 bits per heavy atom. The van der Waals surface area contributed by atoms with E-state index in [0.29, 0.717) is 5.88 Å². The number of aromatic nitrogens is 2. The molecule has 0 amide bonds. The van der Waals surface area contributed by atoms with E-state index in [0.717, 1.165) is 11.2 Å². The minimum absolute atomic E-state index is 0.586. The van der Waals surface area contributed by atoms with E-state index >= 15 is 0 Å². The molecular formula is C5H7BN2S. The fourth-order valence-corrected chi connectivity index (χ4v) is 0.889. The average Bonchev–Trinajstić information content (AvgIpc) is 2.15. The molecule has 0 aliphatic carbocycles. The lowest BCUT2D eigenvalue weighted by Gasteiger charge is -1.96. The summed E-state index contributed by atoms with van der Waals surface area (Å²) in [6, 6.07) is 0. The summed E-state index contributed by atoms with van der Waals surface area (Å²) < 4.78 is 1.73. The molecule has 2 nitrogen and oxygen atoms in total. The van der Waals surface area contributed by atoms with Gasteiger partial charge < -0.3 is 0 Å². The van der Waals surface area contributed by atoms with E-state index in [2.05, 4.69) is 17.7 Å². The van der Waals surface area contributed by atoms with Crippen LogP contribution in [-0.4, -0.2) is 17.6 Å². The maximum atomic E-state index is 5.50. The van der Waals surface area contributed by atoms with Gasteiger partial charge in [0.2, 0.25) is 0 Å². The molecular weight excluding hydrogens is 131 g/mol. The molecule has 1 aromatic heterocycles. The quantitative estimate of drug-likeness (QED) is 0.422. The molecule has 2 radical (unpaired) electrons. The predicted octanol–water partition coefficient (Wildman–Crippen LogP) is -0.127. The van der Waals surface area contributed by atoms with Crippen LogP contribution in [0.25, 0.3) is 0 Å². The Kier molecular flexibility index (Phi) is 1.85. The van der Waals surface area contributed by atoms with Crippen molar-refractivity contribution in [3.05, 3.63) is 11.9 Å². The molecule has 0 aromatic carbocycles. The van der Waals surface area contributed by atoms with E-state index in [9.17, 15) is 0 Å². The molecule has 0 aliphatic rings. The van der Waals surface area contributed by atoms with Crippen LogP contribution in [0, 0.1) is 6.92 Å². The lowest BCUT2D eigenvalue weighted by atomic mass is 9.98. The normalized spacial score (nSPS) is 10.0. The van der Waals surface area contributed by atoms with Crippen LogP contribution >= 0.6 is 12.6 Å². The largest absolute Gasteiger partial charge is 0.261 e. The molecule has 0 spiro atoms. The van der Waals surface area contributed by atoms with Gasteiger partial charge in [-0.2, -0.15) is 17.7 Å². The van der Waals surface area contributed by atoms with Crippen molar-refractivity contribution in [3.63, 3.8) is 0 Å². The number of hydrogen-bond acceptors (Lipinski definition) is 2. The lowest BCUT2D eigenvalue weighted by Crippen LogP contribution is -2.06. The van der Waals surface area contributed by atoms with Crippen molar-refractivity contribution in [1.82, 2.24) is 9.78 Å². The van der Waals surface area contributed by atoms with Crippen molar-refractivity contribution in [2.75, 3.05) is 0 Å². The summed E-state index contributed by atoms with van der Waals surface area (Å²) >= 11 is 4.04. The van der Waals surface area contributed by atoms with Crippen molar-refractivity contribution in [3.8, 4) is 0 Å². The van der Waals surface area contributed by atoms with E-state index in [-0.39, 0.29) is 0 Å². The van der Waals surface area contributed by atoms with E-state index in [1.165, 1.54) is 0 Å². The third kappa shape index (κ3) is 1.13. The SMILES string of the molecule is [B]c1cnn(CS)c1C. The van der Waals surface area contributed by atoms with Crippen LogP contribution in [0.3, 0.4) is 0 Å². The Morgan fingerprint density at radius 1 is 1.89 bits per heavy atom. The summed E-state index contributed by atoms with van der Waals surface area (Å²) in [5, 5.41) is 3.95. The minimum atomic E-state index is 0.586. The van der Waals surface area contributed by atoms with Crippen LogP contribution in [0.4, 0.5) is 0 Å². The third-order valence-electron chi connectivity index (χ3n) is 1.28. The van der Waals surface area contributed by atoms with Gasteiger partial charge in [-0.25, -0.2) is 0 Å². The van der Waals surface area contributed by atoms with Crippen LogP contribution in [0.5, 0.6) is 0 Å². The zero-order valence-corrected chi connectivity index (χ0v) is 6.10. The van der Waals surface area contributed by atoms with E-state index < -0.39 is 0 Å². The first kappa shape index (κ1) is 6.74. The molecule has 0 N–H and O–H groups in total. The highest BCUT2D eigenvalue weighted by atomic mass is 32.1. The van der Waals surface area contributed by atoms with Crippen molar-refractivity contribution >= 4 is 25.9 Å². The minimum Gasteiger partial charge on any atom is -0.261 e. The summed E-state index contributed by atoms with van der Waals surface area (Å²) in [7, 11) is 5.50. The third-order valence-corrected chi connectivity index (χ3v) is 1.54. The highest BCUT2D eigenvalue weighted by molar-refractivity contribution is 7.79. The Balaban J connectivity index is 3.04. The van der Waals surface area contributed by atoms with Crippen LogP contribution in [0.2, 0.25) is 0 Å². The number of thiol groups is 1. The summed E-state index contributed by atoms with van der Waals surface area (Å²) in [4.78, 5) is 0. The Morgan fingerprint density at radius 2 is 2.56 bits per heavy atom. The van der Waals surface area contributed by atoms with Gasteiger partial charge >= 0.3 is 0 Å². The topological polar surface area (TPSA) is 17.8 Å². The number of nitrogens with zero attached hydrogens (tertiary/aromatic N) is 2. The van der Waals surface area contributed by atoms with Crippen molar-refractivity contribution < 1.29 is 0 Å². The zero-order valence-electron chi connectivity index (χ0n) is 5.20. The zero-order chi connectivity index (χ0) is 6.85. The summed E-state index contributed by atoms with van der Waals surface area (Å²) in [6.07, 6.45) is 1.63. The molecule has 0 saturated carbocycles. The molecule has 9 heavy (non-hydrogen) atoms. The molecule has 0 fully saturated rings. The summed E-state index contributed by atoms with van der Waals surface area (Å²) in [5.41, 5.74) is 1.70. The van der Waals surface area contributed by atoms with Gasteiger partial charge in [0.05, 0.1) is 5.88 Å². The summed E-state index contributed by atoms with van der Waals surface area (Å²) in [5.74, 6) is 0.586. The second kappa shape index (κ2) is 2.48. The predicted molar refractivity (Wildman–Crippen MR) is 41.3 cm³/mol. The van der Waals surface area contributed by atoms with Gasteiger partial charge in [-0.3, -0.25) is 4.68 Å². The van der Waals surface area contributed by atoms with Gasteiger partial charge in [0.15, 0.2) is 0 Å². The molecule has 0 bridgehead atoms. The Hall–Kier alpha value is -0.375. The van der Waals surface area contributed by atoms with Crippen LogP contribution in [-0.2, 0) is 5.88 Å². The highest BCUT2D eigenvalue weighted by Crippen LogP contribution is 1.92. The van der Waals surface area contributed by atoms with Crippen molar-refractivity contribution in [1.29, 1.82) is 0 Å². The molecule has 0 unspecified atom stereocenters. The van der Waals surface area contributed by atoms with Gasteiger partial charge in [0, 0.05) is 11.9 Å². The van der Waals surface area contributed by atoms with Gasteiger partial charge in [0.25, 0.3) is 0 Å². The molecule has 4 heteroatoms. The Bertz CT molecular complexity index is 209. The fourth-order valence-electron chi connectivity index (χ4n) is 0.604. The first-order valence-electron chi connectivity index (χ1n) is 2.64. The number of rotatable bonds is 1. The molecule has 1 aromatic rings. The van der Waals surface area contributed by atoms with Crippen LogP contribution < -0.4 is 5.46 Å². The smallest absolute Gasteiger partial charge is 0.118 e. The molecule has 1 rings (SSSR count). The average molecular weight is 138 g/mol. The van der Waals surface area contributed by atoms with E-state index in [1.54, 1.807) is 10.9 Å². The first-order valence-corrected chi connectivity index (χ1v) is 3.27. The van der Waals surface area contributed by atoms with Gasteiger partial charge in [-0.1, -0.05) is 5.46 Å². The molecule has 0 aliphatic heterocycles. The van der Waals surface area contributed by atoms with Crippen LogP contribution in [0.1, 0.15) is 5.69 Å². The van der Waals surface area contributed by atoms with Crippen molar-refractivity contribution in [2.24, 2.45) is 0 Å². The Labute approximate surface area is 61.1 Å². The van der Waals surface area contributed by atoms with E-state index in [4.69, 9.17) is 7.85 Å². The van der Waals surface area contributed by atoms with E-state index in [1.807, 2.05) is 6.92 Å². The van der Waals surface area contributed by atoms with Crippen molar-refractivity contribution in [2.45, 2.75) is 12.8 Å². The highest BCUT2D eigenvalue weighted by Gasteiger charge is 1.96. The lowest BCUT2D eigenvalue weighted by molar-refractivity contribution is 0.728. The second-order valence-corrected chi connectivity index (χ2v) is 2.11. The molecule has 0 saturated heterocycles. The van der Waals surface area contributed by atoms with Crippen LogP contribution in [0.15, 0.2) is 6.20 Å². The van der Waals surface area contributed by atoms with Gasteiger partial charge in [-0.15, -0.1) is 0 Å². The van der Waals surface area contributed by atoms with Gasteiger partial charge in [-0.05, 0) is 6.92 Å². The summed E-state index contributed by atoms with van der Waals surface area (Å²) in [6.45, 7) is 1.92. The first-order chi connectivity index (χ1) is 4.25. The monoisotopic (exact) mass is 138 g/mol.